The molecule has 0 aromatic carbocycles. The largest absolute Gasteiger partial charge is 0.0625 e. The topological polar surface area (TPSA) is 0 Å². The summed E-state index contributed by atoms with van der Waals surface area (Å²) < 4.78 is 0. The molecule has 0 nitrogen and oxygen atoms in total. The van der Waals surface area contributed by atoms with Gasteiger partial charge in [0.25, 0.3) is 0 Å². The zero-order valence-electron chi connectivity index (χ0n) is 13.7. The fraction of sp³-hybridized carbons (Fsp3) is 1.00. The molecule has 114 valence electrons. The van der Waals surface area contributed by atoms with Crippen molar-refractivity contribution >= 4 is 0 Å². The van der Waals surface area contributed by atoms with Crippen LogP contribution in [0.25, 0.3) is 0 Å². The third kappa shape index (κ3) is 2.08. The van der Waals surface area contributed by atoms with Crippen LogP contribution in [-0.4, -0.2) is 0 Å². The summed E-state index contributed by atoms with van der Waals surface area (Å²) in [5, 5.41) is 0. The summed E-state index contributed by atoms with van der Waals surface area (Å²) in [4.78, 5) is 0. The van der Waals surface area contributed by atoms with Gasteiger partial charge in [0.1, 0.15) is 0 Å². The maximum absolute atomic E-state index is 2.53. The minimum atomic E-state index is 0.935. The van der Waals surface area contributed by atoms with E-state index >= 15 is 0 Å². The van der Waals surface area contributed by atoms with Crippen LogP contribution in [0.5, 0.6) is 0 Å². The van der Waals surface area contributed by atoms with E-state index in [-0.39, 0.29) is 0 Å². The molecule has 0 spiro atoms. The predicted molar refractivity (Wildman–Crippen MR) is 85.4 cm³/mol. The van der Waals surface area contributed by atoms with Gasteiger partial charge in [-0.1, -0.05) is 46.0 Å². The first kappa shape index (κ1) is 13.6. The van der Waals surface area contributed by atoms with E-state index in [2.05, 4.69) is 13.8 Å². The van der Waals surface area contributed by atoms with E-state index in [1.807, 2.05) is 0 Å². The van der Waals surface area contributed by atoms with Crippen LogP contribution in [0.2, 0.25) is 0 Å². The Kier molecular flexibility index (Phi) is 3.63. The average Bonchev–Trinajstić information content (AvgIpc) is 2.94. The van der Waals surface area contributed by atoms with E-state index in [4.69, 9.17) is 0 Å². The standard InChI is InChI=1S/C20H34/c1-13(2)19-12-15-6-3-4-8-16(15)18-11-10-14-7-5-9-17(14)20(18)19/h13-20H,3-12H2,1-2H3. The minimum Gasteiger partial charge on any atom is -0.0625 e. The molecule has 4 rings (SSSR count). The molecule has 0 saturated heterocycles. The predicted octanol–water partition coefficient (Wildman–Crippen LogP) is 5.91. The third-order valence-corrected chi connectivity index (χ3v) is 8.02. The first-order valence-electron chi connectivity index (χ1n) is 9.75. The SMILES string of the molecule is CC(C)C1CC2CCCCC2C2CCC3CCCC3C12. The Hall–Kier alpha value is 0. The van der Waals surface area contributed by atoms with Crippen LogP contribution in [0, 0.1) is 47.3 Å². The lowest BCUT2D eigenvalue weighted by atomic mass is 9.49. The van der Waals surface area contributed by atoms with Gasteiger partial charge in [-0.3, -0.25) is 0 Å². The van der Waals surface area contributed by atoms with Gasteiger partial charge >= 0.3 is 0 Å². The zero-order chi connectivity index (χ0) is 13.7. The Morgan fingerprint density at radius 2 is 1.40 bits per heavy atom. The quantitative estimate of drug-likeness (QED) is 0.557. The van der Waals surface area contributed by atoms with Crippen LogP contribution in [0.3, 0.4) is 0 Å². The molecule has 7 atom stereocenters. The Morgan fingerprint density at radius 1 is 0.650 bits per heavy atom. The molecule has 4 fully saturated rings. The summed E-state index contributed by atoms with van der Waals surface area (Å²) in [6.45, 7) is 5.06. The highest BCUT2D eigenvalue weighted by Crippen LogP contribution is 2.60. The second kappa shape index (κ2) is 5.33. The molecule has 0 aliphatic heterocycles. The molecule has 4 aliphatic carbocycles. The Morgan fingerprint density at radius 3 is 2.25 bits per heavy atom. The highest BCUT2D eigenvalue weighted by Gasteiger charge is 2.52. The molecule has 0 aromatic rings. The number of hydrogen-bond acceptors (Lipinski definition) is 0. The monoisotopic (exact) mass is 274 g/mol. The molecule has 0 aromatic heterocycles. The molecule has 4 aliphatic rings. The Bertz CT molecular complexity index is 344. The zero-order valence-corrected chi connectivity index (χ0v) is 13.7. The lowest BCUT2D eigenvalue weighted by molar-refractivity contribution is -0.0712. The van der Waals surface area contributed by atoms with Crippen LogP contribution in [0.1, 0.15) is 78.1 Å². The summed E-state index contributed by atoms with van der Waals surface area (Å²) in [7, 11) is 0. The fourth-order valence-electron chi connectivity index (χ4n) is 7.30. The fourth-order valence-corrected chi connectivity index (χ4v) is 7.30. The van der Waals surface area contributed by atoms with E-state index in [1.54, 1.807) is 57.8 Å². The van der Waals surface area contributed by atoms with Gasteiger partial charge in [-0.15, -0.1) is 0 Å². The first-order chi connectivity index (χ1) is 9.75. The molecular weight excluding hydrogens is 240 g/mol. The van der Waals surface area contributed by atoms with Crippen LogP contribution < -0.4 is 0 Å². The van der Waals surface area contributed by atoms with Gasteiger partial charge in [0.2, 0.25) is 0 Å². The second-order valence-corrected chi connectivity index (χ2v) is 9.03. The van der Waals surface area contributed by atoms with Gasteiger partial charge in [-0.05, 0) is 79.4 Å². The molecule has 0 radical (unpaired) electrons. The molecule has 0 bridgehead atoms. The van der Waals surface area contributed by atoms with Crippen molar-refractivity contribution in [2.75, 3.05) is 0 Å². The summed E-state index contributed by atoms with van der Waals surface area (Å²) in [6.07, 6.45) is 15.8. The lowest BCUT2D eigenvalue weighted by Crippen LogP contribution is -2.49. The minimum absolute atomic E-state index is 0.935. The highest BCUT2D eigenvalue weighted by atomic mass is 14.6. The van der Waals surface area contributed by atoms with Crippen LogP contribution >= 0.6 is 0 Å². The van der Waals surface area contributed by atoms with Gasteiger partial charge in [0, 0.05) is 0 Å². The van der Waals surface area contributed by atoms with Crippen molar-refractivity contribution in [3.63, 3.8) is 0 Å². The second-order valence-electron chi connectivity index (χ2n) is 9.03. The van der Waals surface area contributed by atoms with Gasteiger partial charge in [-0.2, -0.15) is 0 Å². The molecular formula is C20H34. The lowest BCUT2D eigenvalue weighted by Gasteiger charge is -2.56. The third-order valence-electron chi connectivity index (χ3n) is 8.02. The molecule has 0 amide bonds. The van der Waals surface area contributed by atoms with Crippen LogP contribution in [0.15, 0.2) is 0 Å². The number of rotatable bonds is 1. The molecule has 0 heterocycles. The van der Waals surface area contributed by atoms with Gasteiger partial charge in [0.15, 0.2) is 0 Å². The van der Waals surface area contributed by atoms with E-state index in [9.17, 15) is 0 Å². The van der Waals surface area contributed by atoms with E-state index in [0.717, 1.165) is 47.3 Å². The summed E-state index contributed by atoms with van der Waals surface area (Å²) in [5.41, 5.74) is 0. The van der Waals surface area contributed by atoms with Crippen molar-refractivity contribution < 1.29 is 0 Å². The smallest absolute Gasteiger partial charge is 0.0321 e. The Balaban J connectivity index is 1.64. The van der Waals surface area contributed by atoms with Crippen molar-refractivity contribution in [2.24, 2.45) is 47.3 Å². The molecule has 7 unspecified atom stereocenters. The first-order valence-corrected chi connectivity index (χ1v) is 9.75. The van der Waals surface area contributed by atoms with Crippen molar-refractivity contribution in [1.82, 2.24) is 0 Å². The van der Waals surface area contributed by atoms with E-state index in [0.29, 0.717) is 0 Å². The Labute approximate surface area is 126 Å². The van der Waals surface area contributed by atoms with Crippen LogP contribution in [0.4, 0.5) is 0 Å². The summed E-state index contributed by atoms with van der Waals surface area (Å²) in [5.74, 6) is 8.83. The number of fused-ring (bicyclic) bond motifs is 5. The molecule has 4 saturated carbocycles. The molecule has 0 heteroatoms. The highest BCUT2D eigenvalue weighted by molar-refractivity contribution is 5.01. The normalized spacial score (nSPS) is 51.5. The van der Waals surface area contributed by atoms with E-state index < -0.39 is 0 Å². The average molecular weight is 274 g/mol. The molecule has 0 N–H and O–H groups in total. The van der Waals surface area contributed by atoms with Gasteiger partial charge < -0.3 is 0 Å². The summed E-state index contributed by atoms with van der Waals surface area (Å²) >= 11 is 0. The van der Waals surface area contributed by atoms with Gasteiger partial charge in [0.05, 0.1) is 0 Å². The molecule has 20 heavy (non-hydrogen) atoms. The van der Waals surface area contributed by atoms with Crippen molar-refractivity contribution in [3.8, 4) is 0 Å². The van der Waals surface area contributed by atoms with Crippen molar-refractivity contribution in [2.45, 2.75) is 78.1 Å². The van der Waals surface area contributed by atoms with Gasteiger partial charge in [-0.25, -0.2) is 0 Å². The maximum atomic E-state index is 2.53. The maximum Gasteiger partial charge on any atom is -0.0321 e. The van der Waals surface area contributed by atoms with E-state index in [1.165, 1.54) is 6.42 Å². The van der Waals surface area contributed by atoms with Crippen molar-refractivity contribution in [3.05, 3.63) is 0 Å². The summed E-state index contributed by atoms with van der Waals surface area (Å²) in [6, 6.07) is 0. The van der Waals surface area contributed by atoms with Crippen molar-refractivity contribution in [1.29, 1.82) is 0 Å². The number of hydrogen-bond donors (Lipinski definition) is 0. The van der Waals surface area contributed by atoms with Crippen LogP contribution in [-0.2, 0) is 0 Å².